The van der Waals surface area contributed by atoms with Crippen molar-refractivity contribution in [1.82, 2.24) is 20.0 Å². The summed E-state index contributed by atoms with van der Waals surface area (Å²) in [6.45, 7) is 5.74. The number of nitrogens with zero attached hydrogens (tertiary/aromatic N) is 4. The van der Waals surface area contributed by atoms with E-state index in [4.69, 9.17) is 11.6 Å². The predicted molar refractivity (Wildman–Crippen MR) is 100 cm³/mol. The zero-order chi connectivity index (χ0) is 20.7. The molecule has 0 saturated carbocycles. The number of aromatic nitrogens is 4. The first-order valence-electron chi connectivity index (χ1n) is 8.03. The van der Waals surface area contributed by atoms with E-state index in [0.717, 1.165) is 17.5 Å². The van der Waals surface area contributed by atoms with Gasteiger partial charge in [-0.1, -0.05) is 43.7 Å². The maximum atomic E-state index is 13.7. The predicted octanol–water partition coefficient (Wildman–Crippen LogP) is 4.95. The molecular formula is C17H15ClF3N5OS. The summed E-state index contributed by atoms with van der Waals surface area (Å²) in [5.74, 6) is -0.968. The highest BCUT2D eigenvalue weighted by atomic mass is 35.5. The van der Waals surface area contributed by atoms with Crippen LogP contribution in [0.5, 0.6) is 0 Å². The van der Waals surface area contributed by atoms with Gasteiger partial charge in [-0.05, 0) is 24.3 Å². The number of rotatable bonds is 3. The van der Waals surface area contributed by atoms with Gasteiger partial charge in [-0.25, -0.2) is 4.68 Å². The van der Waals surface area contributed by atoms with Crippen LogP contribution in [0, 0.1) is 0 Å². The van der Waals surface area contributed by atoms with Gasteiger partial charge < -0.3 is 0 Å². The number of amides is 1. The maximum absolute atomic E-state index is 13.7. The molecule has 1 N–H and O–H groups in total. The molecule has 2 aromatic heterocycles. The number of benzene rings is 1. The van der Waals surface area contributed by atoms with Crippen molar-refractivity contribution >= 4 is 34.0 Å². The quantitative estimate of drug-likeness (QED) is 0.639. The summed E-state index contributed by atoms with van der Waals surface area (Å²) in [6, 6.07) is 5.64. The van der Waals surface area contributed by atoms with Gasteiger partial charge in [0, 0.05) is 10.4 Å². The highest BCUT2D eigenvalue weighted by Gasteiger charge is 2.40. The van der Waals surface area contributed by atoms with Gasteiger partial charge in [-0.2, -0.15) is 18.3 Å². The molecule has 3 rings (SSSR count). The van der Waals surface area contributed by atoms with Crippen molar-refractivity contribution in [2.45, 2.75) is 32.4 Å². The fraction of sp³-hybridized carbons (Fsp3) is 0.294. The van der Waals surface area contributed by atoms with Crippen LogP contribution in [0.4, 0.5) is 18.3 Å². The molecule has 3 aromatic rings. The van der Waals surface area contributed by atoms with E-state index in [0.29, 0.717) is 14.7 Å². The number of carbonyl (C=O) groups excluding carboxylic acids is 1. The summed E-state index contributed by atoms with van der Waals surface area (Å²) < 4.78 is 41.7. The molecule has 0 bridgehead atoms. The molecular weight excluding hydrogens is 415 g/mol. The Morgan fingerprint density at radius 1 is 1.14 bits per heavy atom. The molecule has 1 amide bonds. The molecule has 0 aliphatic carbocycles. The van der Waals surface area contributed by atoms with Crippen molar-refractivity contribution in [3.8, 4) is 5.69 Å². The molecule has 0 atom stereocenters. The Kier molecular flexibility index (Phi) is 5.20. The van der Waals surface area contributed by atoms with Gasteiger partial charge in [0.1, 0.15) is 5.01 Å². The molecule has 0 aliphatic rings. The minimum Gasteiger partial charge on any atom is -0.296 e. The molecule has 0 saturated heterocycles. The Labute approximate surface area is 167 Å². The molecule has 0 aliphatic heterocycles. The van der Waals surface area contributed by atoms with Crippen LogP contribution in [-0.2, 0) is 11.6 Å². The molecule has 11 heteroatoms. The largest absolute Gasteiger partial charge is 0.434 e. The van der Waals surface area contributed by atoms with Gasteiger partial charge in [0.05, 0.1) is 17.4 Å². The highest BCUT2D eigenvalue weighted by Crippen LogP contribution is 2.34. The van der Waals surface area contributed by atoms with Gasteiger partial charge in [0.15, 0.2) is 5.69 Å². The third-order valence-electron chi connectivity index (χ3n) is 3.64. The Morgan fingerprint density at radius 2 is 1.79 bits per heavy atom. The average Bonchev–Trinajstić information content (AvgIpc) is 3.21. The standard InChI is InChI=1S/C17H15ClF3N5OS/c1-16(2,3)14-24-25-15(28-14)23-13(27)11-8-22-26(12(11)17(19,20)21)10-6-4-9(18)5-7-10/h4-8H,1-3H3,(H,23,25,27). The third-order valence-corrected chi connectivity index (χ3v) is 5.16. The second-order valence-electron chi connectivity index (χ2n) is 6.91. The van der Waals surface area contributed by atoms with E-state index in [9.17, 15) is 18.0 Å². The third kappa shape index (κ3) is 4.17. The molecule has 6 nitrogen and oxygen atoms in total. The van der Waals surface area contributed by atoms with E-state index >= 15 is 0 Å². The molecule has 1 aromatic carbocycles. The molecule has 0 spiro atoms. The summed E-state index contributed by atoms with van der Waals surface area (Å²) in [4.78, 5) is 12.5. The monoisotopic (exact) mass is 429 g/mol. The molecule has 0 fully saturated rings. The fourth-order valence-corrected chi connectivity index (χ4v) is 3.23. The van der Waals surface area contributed by atoms with E-state index in [1.807, 2.05) is 20.8 Å². The van der Waals surface area contributed by atoms with E-state index in [-0.39, 0.29) is 16.2 Å². The lowest BCUT2D eigenvalue weighted by Crippen LogP contribution is -2.20. The number of hydrogen-bond donors (Lipinski definition) is 1. The van der Waals surface area contributed by atoms with Gasteiger partial charge in [-0.3, -0.25) is 10.1 Å². The number of nitrogens with one attached hydrogen (secondary N) is 1. The zero-order valence-electron chi connectivity index (χ0n) is 15.0. The van der Waals surface area contributed by atoms with E-state index in [2.05, 4.69) is 20.6 Å². The lowest BCUT2D eigenvalue weighted by atomic mass is 9.98. The van der Waals surface area contributed by atoms with Crippen LogP contribution in [0.2, 0.25) is 5.02 Å². The van der Waals surface area contributed by atoms with Gasteiger partial charge >= 0.3 is 6.18 Å². The number of hydrogen-bond acceptors (Lipinski definition) is 5. The van der Waals surface area contributed by atoms with Crippen molar-refractivity contribution in [1.29, 1.82) is 0 Å². The lowest BCUT2D eigenvalue weighted by molar-refractivity contribution is -0.143. The van der Waals surface area contributed by atoms with Crippen LogP contribution in [0.3, 0.4) is 0 Å². The minimum atomic E-state index is -4.81. The maximum Gasteiger partial charge on any atom is 0.434 e. The van der Waals surface area contributed by atoms with Crippen molar-refractivity contribution in [3.05, 3.63) is 51.7 Å². The van der Waals surface area contributed by atoms with Crippen LogP contribution in [-0.4, -0.2) is 25.9 Å². The molecule has 0 unspecified atom stereocenters. The molecule has 0 radical (unpaired) electrons. The highest BCUT2D eigenvalue weighted by molar-refractivity contribution is 7.15. The Hall–Kier alpha value is -2.46. The first kappa shape index (κ1) is 20.3. The van der Waals surface area contributed by atoms with Gasteiger partial charge in [-0.15, -0.1) is 10.2 Å². The SMILES string of the molecule is CC(C)(C)c1nnc(NC(=O)c2cnn(-c3ccc(Cl)cc3)c2C(F)(F)F)s1. The van der Waals surface area contributed by atoms with Gasteiger partial charge in [0.25, 0.3) is 5.91 Å². The second-order valence-corrected chi connectivity index (χ2v) is 8.32. The van der Waals surface area contributed by atoms with Crippen molar-refractivity contribution < 1.29 is 18.0 Å². The van der Waals surface area contributed by atoms with Crippen LogP contribution in [0.15, 0.2) is 30.5 Å². The van der Waals surface area contributed by atoms with Crippen molar-refractivity contribution in [2.75, 3.05) is 5.32 Å². The number of anilines is 1. The summed E-state index contributed by atoms with van der Waals surface area (Å²) in [5.41, 5.74) is -1.97. The number of carbonyl (C=O) groups is 1. The van der Waals surface area contributed by atoms with Crippen molar-refractivity contribution in [3.63, 3.8) is 0 Å². The topological polar surface area (TPSA) is 72.7 Å². The first-order chi connectivity index (χ1) is 13.0. The second kappa shape index (κ2) is 7.17. The first-order valence-corrected chi connectivity index (χ1v) is 9.23. The van der Waals surface area contributed by atoms with E-state index in [1.165, 1.54) is 24.3 Å². The number of halogens is 4. The Bertz CT molecular complexity index is 1010. The molecule has 2 heterocycles. The van der Waals surface area contributed by atoms with E-state index in [1.54, 1.807) is 0 Å². The van der Waals surface area contributed by atoms with Crippen LogP contribution in [0.1, 0.15) is 41.8 Å². The summed E-state index contributed by atoms with van der Waals surface area (Å²) in [5, 5.41) is 15.0. The minimum absolute atomic E-state index is 0.113. The smallest absolute Gasteiger partial charge is 0.296 e. The van der Waals surface area contributed by atoms with E-state index < -0.39 is 23.3 Å². The fourth-order valence-electron chi connectivity index (χ4n) is 2.31. The molecule has 148 valence electrons. The normalized spacial score (nSPS) is 12.2. The Balaban J connectivity index is 1.96. The Morgan fingerprint density at radius 3 is 2.32 bits per heavy atom. The average molecular weight is 430 g/mol. The van der Waals surface area contributed by atoms with Crippen molar-refractivity contribution in [2.24, 2.45) is 0 Å². The molecule has 28 heavy (non-hydrogen) atoms. The van der Waals surface area contributed by atoms with Crippen LogP contribution >= 0.6 is 22.9 Å². The lowest BCUT2D eigenvalue weighted by Gasteiger charge is -2.13. The summed E-state index contributed by atoms with van der Waals surface area (Å²) in [7, 11) is 0. The summed E-state index contributed by atoms with van der Waals surface area (Å²) in [6.07, 6.45) is -3.93. The van der Waals surface area contributed by atoms with Crippen LogP contribution in [0.25, 0.3) is 5.69 Å². The zero-order valence-corrected chi connectivity index (χ0v) is 16.6. The van der Waals surface area contributed by atoms with Gasteiger partial charge in [0.2, 0.25) is 5.13 Å². The number of alkyl halides is 3. The van der Waals surface area contributed by atoms with Crippen LogP contribution < -0.4 is 5.32 Å². The summed E-state index contributed by atoms with van der Waals surface area (Å²) >= 11 is 6.88.